The van der Waals surface area contributed by atoms with Crippen LogP contribution in [0.2, 0.25) is 0 Å². The van der Waals surface area contributed by atoms with E-state index in [1.54, 1.807) is 11.2 Å². The van der Waals surface area contributed by atoms with E-state index in [-0.39, 0.29) is 17.0 Å². The topological polar surface area (TPSA) is 92.1 Å². The summed E-state index contributed by atoms with van der Waals surface area (Å²) in [6, 6.07) is 0.275. The van der Waals surface area contributed by atoms with Crippen LogP contribution in [0, 0.1) is 6.92 Å². The van der Waals surface area contributed by atoms with Crippen LogP contribution in [0.25, 0.3) is 0 Å². The second-order valence-corrected chi connectivity index (χ2v) is 7.00. The minimum Gasteiger partial charge on any atom is -0.328 e. The molecule has 19 heavy (non-hydrogen) atoms. The number of nitrogens with one attached hydrogen (secondary N) is 1. The summed E-state index contributed by atoms with van der Waals surface area (Å²) in [6.07, 6.45) is 4.85. The summed E-state index contributed by atoms with van der Waals surface area (Å²) < 4.78 is 26.9. The molecule has 1 fully saturated rings. The Bertz CT molecular complexity index is 518. The lowest BCUT2D eigenvalue weighted by Gasteiger charge is -2.34. The Morgan fingerprint density at radius 2 is 2.05 bits per heavy atom. The van der Waals surface area contributed by atoms with Gasteiger partial charge in [-0.25, -0.2) is 8.42 Å². The van der Waals surface area contributed by atoms with Crippen LogP contribution < -0.4 is 5.73 Å². The SMILES string of the molecule is CCN(C1CCC(N)CC1)S(=O)(=O)c1cn[nH]c1C. The molecule has 6 nitrogen and oxygen atoms in total. The number of sulfonamides is 1. The van der Waals surface area contributed by atoms with Crippen molar-refractivity contribution in [1.29, 1.82) is 0 Å². The van der Waals surface area contributed by atoms with E-state index in [0.717, 1.165) is 25.7 Å². The Labute approximate surface area is 114 Å². The molecule has 0 radical (unpaired) electrons. The van der Waals surface area contributed by atoms with Crippen LogP contribution in [-0.4, -0.2) is 41.5 Å². The molecule has 108 valence electrons. The number of rotatable bonds is 4. The van der Waals surface area contributed by atoms with E-state index >= 15 is 0 Å². The van der Waals surface area contributed by atoms with E-state index < -0.39 is 10.0 Å². The number of hydrogen-bond acceptors (Lipinski definition) is 4. The maximum Gasteiger partial charge on any atom is 0.246 e. The molecule has 1 aromatic rings. The van der Waals surface area contributed by atoms with Gasteiger partial charge < -0.3 is 5.73 Å². The molecule has 0 aliphatic heterocycles. The van der Waals surface area contributed by atoms with Crippen LogP contribution in [0.1, 0.15) is 38.3 Å². The third-order valence-corrected chi connectivity index (χ3v) is 5.97. The van der Waals surface area contributed by atoms with Gasteiger partial charge in [-0.05, 0) is 32.6 Å². The molecule has 0 atom stereocenters. The Balaban J connectivity index is 2.24. The molecular formula is C12H22N4O2S. The van der Waals surface area contributed by atoms with E-state index in [2.05, 4.69) is 10.2 Å². The molecule has 0 bridgehead atoms. The minimum atomic E-state index is -3.46. The highest BCUT2D eigenvalue weighted by atomic mass is 32.2. The number of aromatic nitrogens is 2. The molecule has 0 amide bonds. The predicted octanol–water partition coefficient (Wildman–Crippen LogP) is 0.999. The van der Waals surface area contributed by atoms with Crippen LogP contribution >= 0.6 is 0 Å². The first kappa shape index (κ1) is 14.5. The van der Waals surface area contributed by atoms with Gasteiger partial charge in [0, 0.05) is 18.6 Å². The number of nitrogens with zero attached hydrogens (tertiary/aromatic N) is 2. The van der Waals surface area contributed by atoms with Crippen molar-refractivity contribution in [1.82, 2.24) is 14.5 Å². The molecule has 1 aromatic heterocycles. The minimum absolute atomic E-state index is 0.0594. The van der Waals surface area contributed by atoms with Crippen LogP contribution in [0.5, 0.6) is 0 Å². The quantitative estimate of drug-likeness (QED) is 0.863. The van der Waals surface area contributed by atoms with Gasteiger partial charge in [-0.15, -0.1) is 0 Å². The fourth-order valence-corrected chi connectivity index (χ4v) is 4.55. The van der Waals surface area contributed by atoms with Gasteiger partial charge in [0.1, 0.15) is 4.90 Å². The maximum atomic E-state index is 12.7. The van der Waals surface area contributed by atoms with Gasteiger partial charge in [0.15, 0.2) is 0 Å². The fourth-order valence-electron chi connectivity index (χ4n) is 2.74. The molecule has 1 aliphatic carbocycles. The lowest BCUT2D eigenvalue weighted by atomic mass is 9.92. The molecule has 3 N–H and O–H groups in total. The van der Waals surface area contributed by atoms with E-state index in [1.165, 1.54) is 6.20 Å². The zero-order valence-corrected chi connectivity index (χ0v) is 12.3. The van der Waals surface area contributed by atoms with Gasteiger partial charge in [0.05, 0.1) is 11.9 Å². The highest BCUT2D eigenvalue weighted by Gasteiger charge is 2.33. The highest BCUT2D eigenvalue weighted by Crippen LogP contribution is 2.27. The smallest absolute Gasteiger partial charge is 0.246 e. The van der Waals surface area contributed by atoms with Crippen molar-refractivity contribution in [3.05, 3.63) is 11.9 Å². The number of aryl methyl sites for hydroxylation is 1. The molecule has 1 saturated carbocycles. The van der Waals surface area contributed by atoms with E-state index in [9.17, 15) is 8.42 Å². The van der Waals surface area contributed by atoms with Crippen molar-refractivity contribution < 1.29 is 8.42 Å². The first-order valence-electron chi connectivity index (χ1n) is 6.74. The Morgan fingerprint density at radius 1 is 1.42 bits per heavy atom. The average Bonchev–Trinajstić information content (AvgIpc) is 2.79. The van der Waals surface area contributed by atoms with Gasteiger partial charge in [-0.3, -0.25) is 5.10 Å². The Morgan fingerprint density at radius 3 is 2.53 bits per heavy atom. The second kappa shape index (κ2) is 5.60. The normalized spacial score (nSPS) is 24.8. The van der Waals surface area contributed by atoms with Crippen LogP contribution in [-0.2, 0) is 10.0 Å². The first-order chi connectivity index (χ1) is 8.96. The Kier molecular flexibility index (Phi) is 4.27. The fraction of sp³-hybridized carbons (Fsp3) is 0.750. The molecule has 0 aromatic carbocycles. The van der Waals surface area contributed by atoms with Gasteiger partial charge >= 0.3 is 0 Å². The van der Waals surface area contributed by atoms with Crippen molar-refractivity contribution in [2.24, 2.45) is 5.73 Å². The molecule has 2 rings (SSSR count). The lowest BCUT2D eigenvalue weighted by Crippen LogP contribution is -2.44. The second-order valence-electron chi connectivity index (χ2n) is 5.14. The lowest BCUT2D eigenvalue weighted by molar-refractivity contribution is 0.247. The molecular weight excluding hydrogens is 264 g/mol. The van der Waals surface area contributed by atoms with Gasteiger partial charge in [0.2, 0.25) is 10.0 Å². The summed E-state index contributed by atoms with van der Waals surface area (Å²) in [5.41, 5.74) is 6.47. The maximum absolute atomic E-state index is 12.7. The van der Waals surface area contributed by atoms with Gasteiger partial charge in [0.25, 0.3) is 0 Å². The van der Waals surface area contributed by atoms with Crippen LogP contribution in [0.15, 0.2) is 11.1 Å². The molecule has 1 heterocycles. The van der Waals surface area contributed by atoms with Crippen molar-refractivity contribution in [2.45, 2.75) is 56.5 Å². The summed E-state index contributed by atoms with van der Waals surface area (Å²) in [5.74, 6) is 0. The molecule has 1 aliphatic rings. The largest absolute Gasteiger partial charge is 0.328 e. The zero-order valence-electron chi connectivity index (χ0n) is 11.5. The van der Waals surface area contributed by atoms with Crippen LogP contribution in [0.4, 0.5) is 0 Å². The monoisotopic (exact) mass is 286 g/mol. The molecule has 0 saturated heterocycles. The van der Waals surface area contributed by atoms with E-state index in [0.29, 0.717) is 12.2 Å². The predicted molar refractivity (Wildman–Crippen MR) is 73.1 cm³/mol. The van der Waals surface area contributed by atoms with Crippen molar-refractivity contribution in [2.75, 3.05) is 6.54 Å². The third-order valence-electron chi connectivity index (χ3n) is 3.83. The zero-order chi connectivity index (χ0) is 14.0. The number of hydrogen-bond donors (Lipinski definition) is 2. The van der Waals surface area contributed by atoms with Gasteiger partial charge in [-0.2, -0.15) is 9.40 Å². The standard InChI is InChI=1S/C12H22N4O2S/c1-3-16(11-6-4-10(13)5-7-11)19(17,18)12-8-14-15-9(12)2/h8,10-11H,3-7,13H2,1-2H3,(H,14,15). The molecule has 0 spiro atoms. The van der Waals surface area contributed by atoms with Gasteiger partial charge in [-0.1, -0.05) is 6.92 Å². The van der Waals surface area contributed by atoms with E-state index in [4.69, 9.17) is 5.73 Å². The van der Waals surface area contributed by atoms with E-state index in [1.807, 2.05) is 6.92 Å². The molecule has 7 heteroatoms. The van der Waals surface area contributed by atoms with Crippen molar-refractivity contribution >= 4 is 10.0 Å². The summed E-state index contributed by atoms with van der Waals surface area (Å²) in [4.78, 5) is 0.282. The Hall–Kier alpha value is -0.920. The number of aromatic amines is 1. The summed E-state index contributed by atoms with van der Waals surface area (Å²) in [7, 11) is -3.46. The third kappa shape index (κ3) is 2.82. The van der Waals surface area contributed by atoms with Crippen LogP contribution in [0.3, 0.4) is 0 Å². The average molecular weight is 286 g/mol. The highest BCUT2D eigenvalue weighted by molar-refractivity contribution is 7.89. The van der Waals surface area contributed by atoms with Crippen molar-refractivity contribution in [3.63, 3.8) is 0 Å². The molecule has 0 unspecified atom stereocenters. The summed E-state index contributed by atoms with van der Waals surface area (Å²) in [6.45, 7) is 4.08. The summed E-state index contributed by atoms with van der Waals surface area (Å²) >= 11 is 0. The number of H-pyrrole nitrogens is 1. The van der Waals surface area contributed by atoms with Crippen molar-refractivity contribution in [3.8, 4) is 0 Å². The first-order valence-corrected chi connectivity index (χ1v) is 8.18. The number of nitrogens with two attached hydrogens (primary N) is 1. The summed E-state index contributed by atoms with van der Waals surface area (Å²) in [5, 5.41) is 6.50.